The van der Waals surface area contributed by atoms with E-state index in [4.69, 9.17) is 4.74 Å². The standard InChI is InChI=1S/C22H16F4O4/c1-29-21(28)17-8-6-13(10-20(17)27)12-30-14-7-9-15(18(11-14)22(24,25)26)16-4-2-3-5-19(16)23/h2-11,27H,12H2,1H3. The molecule has 0 amide bonds. The van der Waals surface area contributed by atoms with E-state index in [0.717, 1.165) is 18.2 Å². The van der Waals surface area contributed by atoms with Crippen molar-refractivity contribution >= 4 is 5.97 Å². The Morgan fingerprint density at radius 3 is 2.37 bits per heavy atom. The van der Waals surface area contributed by atoms with Gasteiger partial charge in [0.15, 0.2) is 0 Å². The summed E-state index contributed by atoms with van der Waals surface area (Å²) < 4.78 is 64.6. The molecule has 30 heavy (non-hydrogen) atoms. The lowest BCUT2D eigenvalue weighted by atomic mass is 9.98. The Morgan fingerprint density at radius 2 is 1.73 bits per heavy atom. The number of rotatable bonds is 5. The van der Waals surface area contributed by atoms with Crippen molar-refractivity contribution in [1.29, 1.82) is 0 Å². The van der Waals surface area contributed by atoms with Gasteiger partial charge in [0, 0.05) is 5.56 Å². The molecule has 0 aliphatic carbocycles. The average Bonchev–Trinajstić information content (AvgIpc) is 2.71. The van der Waals surface area contributed by atoms with Crippen molar-refractivity contribution in [3.8, 4) is 22.6 Å². The Kier molecular flexibility index (Phi) is 5.96. The predicted molar refractivity (Wildman–Crippen MR) is 101 cm³/mol. The van der Waals surface area contributed by atoms with Gasteiger partial charge in [-0.25, -0.2) is 9.18 Å². The second kappa shape index (κ2) is 8.44. The number of hydrogen-bond acceptors (Lipinski definition) is 4. The van der Waals surface area contributed by atoms with Gasteiger partial charge in [-0.15, -0.1) is 0 Å². The molecule has 3 aromatic rings. The molecule has 0 aromatic heterocycles. The first-order valence-corrected chi connectivity index (χ1v) is 8.70. The van der Waals surface area contributed by atoms with Crippen LogP contribution in [0.4, 0.5) is 17.6 Å². The molecule has 8 heteroatoms. The summed E-state index contributed by atoms with van der Waals surface area (Å²) >= 11 is 0. The summed E-state index contributed by atoms with van der Waals surface area (Å²) in [4.78, 5) is 11.5. The lowest BCUT2D eigenvalue weighted by molar-refractivity contribution is -0.137. The Balaban J connectivity index is 1.87. The minimum Gasteiger partial charge on any atom is -0.507 e. The van der Waals surface area contributed by atoms with E-state index in [2.05, 4.69) is 4.74 Å². The molecule has 1 N–H and O–H groups in total. The smallest absolute Gasteiger partial charge is 0.417 e. The summed E-state index contributed by atoms with van der Waals surface area (Å²) in [6.07, 6.45) is -4.72. The number of carbonyl (C=O) groups excluding carboxylic acids is 1. The van der Waals surface area contributed by atoms with E-state index in [9.17, 15) is 27.5 Å². The summed E-state index contributed by atoms with van der Waals surface area (Å²) in [6, 6.07) is 12.5. The molecular weight excluding hydrogens is 404 g/mol. The summed E-state index contributed by atoms with van der Waals surface area (Å²) in [7, 11) is 1.17. The van der Waals surface area contributed by atoms with Gasteiger partial charge in [-0.1, -0.05) is 24.3 Å². The summed E-state index contributed by atoms with van der Waals surface area (Å²) in [6.45, 7) is -0.161. The summed E-state index contributed by atoms with van der Waals surface area (Å²) in [5.41, 5.74) is -1.12. The normalized spacial score (nSPS) is 11.2. The molecule has 0 heterocycles. The number of alkyl halides is 3. The number of phenolic OH excluding ortho intramolecular Hbond substituents is 1. The number of carbonyl (C=O) groups is 1. The maximum atomic E-state index is 14.0. The number of aromatic hydroxyl groups is 1. The van der Waals surface area contributed by atoms with Crippen LogP contribution in [0, 0.1) is 5.82 Å². The van der Waals surface area contributed by atoms with E-state index < -0.39 is 23.5 Å². The molecule has 156 valence electrons. The average molecular weight is 420 g/mol. The number of halogens is 4. The maximum Gasteiger partial charge on any atom is 0.417 e. The quantitative estimate of drug-likeness (QED) is 0.432. The van der Waals surface area contributed by atoms with Crippen LogP contribution in [0.25, 0.3) is 11.1 Å². The van der Waals surface area contributed by atoms with Gasteiger partial charge in [-0.05, 0) is 47.5 Å². The molecular formula is C22H16F4O4. The predicted octanol–water partition coefficient (Wildman–Crippen LogP) is 5.58. The third-order valence-corrected chi connectivity index (χ3v) is 4.33. The van der Waals surface area contributed by atoms with Crippen LogP contribution >= 0.6 is 0 Å². The molecule has 0 aliphatic heterocycles. The van der Waals surface area contributed by atoms with Gasteiger partial charge in [0.1, 0.15) is 29.5 Å². The maximum absolute atomic E-state index is 14.0. The van der Waals surface area contributed by atoms with Gasteiger partial charge in [0.05, 0.1) is 12.7 Å². The van der Waals surface area contributed by atoms with Crippen LogP contribution in [0.5, 0.6) is 11.5 Å². The molecule has 3 rings (SSSR count). The van der Waals surface area contributed by atoms with E-state index in [-0.39, 0.29) is 34.8 Å². The topological polar surface area (TPSA) is 55.8 Å². The Hall–Kier alpha value is -3.55. The molecule has 3 aromatic carbocycles. The van der Waals surface area contributed by atoms with Gasteiger partial charge in [-0.2, -0.15) is 13.2 Å². The zero-order valence-electron chi connectivity index (χ0n) is 15.7. The monoisotopic (exact) mass is 420 g/mol. The number of benzene rings is 3. The van der Waals surface area contributed by atoms with Gasteiger partial charge < -0.3 is 14.6 Å². The Labute approximate surface area is 169 Å². The first kappa shape index (κ1) is 21.2. The van der Waals surface area contributed by atoms with Crippen molar-refractivity contribution in [3.63, 3.8) is 0 Å². The van der Waals surface area contributed by atoms with Crippen molar-refractivity contribution < 1.29 is 36.9 Å². The minimum atomic E-state index is -4.72. The molecule has 0 saturated carbocycles. The summed E-state index contributed by atoms with van der Waals surface area (Å²) in [5.74, 6) is -1.91. The lowest BCUT2D eigenvalue weighted by Gasteiger charge is -2.16. The molecule has 0 aliphatic rings. The Morgan fingerprint density at radius 1 is 1.00 bits per heavy atom. The van der Waals surface area contributed by atoms with Gasteiger partial charge in [0.2, 0.25) is 0 Å². The van der Waals surface area contributed by atoms with Crippen molar-refractivity contribution in [2.45, 2.75) is 12.8 Å². The summed E-state index contributed by atoms with van der Waals surface area (Å²) in [5, 5.41) is 9.89. The van der Waals surface area contributed by atoms with E-state index in [1.807, 2.05) is 0 Å². The van der Waals surface area contributed by atoms with Gasteiger partial charge >= 0.3 is 12.1 Å². The fourth-order valence-electron chi connectivity index (χ4n) is 2.88. The van der Waals surface area contributed by atoms with E-state index >= 15 is 0 Å². The fraction of sp³-hybridized carbons (Fsp3) is 0.136. The van der Waals surface area contributed by atoms with Crippen LogP contribution in [-0.4, -0.2) is 18.2 Å². The molecule has 0 bridgehead atoms. The van der Waals surface area contributed by atoms with Crippen molar-refractivity contribution in [2.75, 3.05) is 7.11 Å². The molecule has 0 radical (unpaired) electrons. The molecule has 0 atom stereocenters. The molecule has 0 spiro atoms. The highest BCUT2D eigenvalue weighted by atomic mass is 19.4. The van der Waals surface area contributed by atoms with Crippen LogP contribution in [0.3, 0.4) is 0 Å². The van der Waals surface area contributed by atoms with Crippen LogP contribution < -0.4 is 4.74 Å². The van der Waals surface area contributed by atoms with Crippen molar-refractivity contribution in [1.82, 2.24) is 0 Å². The third kappa shape index (κ3) is 4.53. The number of hydrogen-bond donors (Lipinski definition) is 1. The highest BCUT2D eigenvalue weighted by Crippen LogP contribution is 2.40. The molecule has 0 saturated heterocycles. The zero-order chi connectivity index (χ0) is 21.9. The largest absolute Gasteiger partial charge is 0.507 e. The number of methoxy groups -OCH3 is 1. The number of esters is 1. The fourth-order valence-corrected chi connectivity index (χ4v) is 2.88. The lowest BCUT2D eigenvalue weighted by Crippen LogP contribution is -2.08. The SMILES string of the molecule is COC(=O)c1ccc(COc2ccc(-c3ccccc3F)c(C(F)(F)F)c2)cc1O. The number of ether oxygens (including phenoxy) is 2. The molecule has 4 nitrogen and oxygen atoms in total. The van der Waals surface area contributed by atoms with E-state index in [0.29, 0.717) is 5.56 Å². The second-order valence-corrected chi connectivity index (χ2v) is 6.32. The van der Waals surface area contributed by atoms with Gasteiger partial charge in [-0.3, -0.25) is 0 Å². The van der Waals surface area contributed by atoms with Crippen LogP contribution in [0.1, 0.15) is 21.5 Å². The highest BCUT2D eigenvalue weighted by molar-refractivity contribution is 5.92. The van der Waals surface area contributed by atoms with Gasteiger partial charge in [0.25, 0.3) is 0 Å². The van der Waals surface area contributed by atoms with Crippen LogP contribution in [-0.2, 0) is 17.5 Å². The minimum absolute atomic E-state index is 0.0464. The third-order valence-electron chi connectivity index (χ3n) is 4.33. The first-order chi connectivity index (χ1) is 14.2. The second-order valence-electron chi connectivity index (χ2n) is 6.32. The molecule has 0 unspecified atom stereocenters. The first-order valence-electron chi connectivity index (χ1n) is 8.70. The van der Waals surface area contributed by atoms with Crippen LogP contribution in [0.15, 0.2) is 60.7 Å². The number of phenols is 1. The zero-order valence-corrected chi connectivity index (χ0v) is 15.7. The Bertz CT molecular complexity index is 1080. The highest BCUT2D eigenvalue weighted by Gasteiger charge is 2.34. The van der Waals surface area contributed by atoms with E-state index in [1.165, 1.54) is 49.6 Å². The van der Waals surface area contributed by atoms with Crippen LogP contribution in [0.2, 0.25) is 0 Å². The van der Waals surface area contributed by atoms with Crippen molar-refractivity contribution in [3.05, 3.63) is 83.2 Å². The van der Waals surface area contributed by atoms with E-state index in [1.54, 1.807) is 0 Å². The van der Waals surface area contributed by atoms with Crippen molar-refractivity contribution in [2.24, 2.45) is 0 Å². The molecule has 0 fully saturated rings.